The molecule has 10 heteroatoms. The van der Waals surface area contributed by atoms with Crippen LogP contribution in [0.1, 0.15) is 37.8 Å². The van der Waals surface area contributed by atoms with Gasteiger partial charge in [-0.05, 0) is 51.0 Å². The third-order valence-electron chi connectivity index (χ3n) is 6.17. The lowest BCUT2D eigenvalue weighted by atomic mass is 9.97. The molecule has 0 saturated carbocycles. The summed E-state index contributed by atoms with van der Waals surface area (Å²) in [4.78, 5) is 12.2. The Morgan fingerprint density at radius 3 is 2.62 bits per heavy atom. The molecule has 0 spiro atoms. The molecular weight excluding hydrogens is 466 g/mol. The van der Waals surface area contributed by atoms with Crippen molar-refractivity contribution in [1.82, 2.24) is 9.62 Å². The number of carbonyl (C=O) groups is 1. The Morgan fingerprint density at radius 2 is 1.94 bits per heavy atom. The largest absolute Gasteiger partial charge is 0.494 e. The molecule has 1 amide bonds. The predicted octanol–water partition coefficient (Wildman–Crippen LogP) is 3.40. The average molecular weight is 495 g/mol. The van der Waals surface area contributed by atoms with Gasteiger partial charge in [-0.3, -0.25) is 4.79 Å². The molecule has 0 radical (unpaired) electrons. The molecule has 0 aromatic heterocycles. The second-order valence-corrected chi connectivity index (χ2v) is 10.5. The van der Waals surface area contributed by atoms with Gasteiger partial charge in [-0.15, -0.1) is 0 Å². The number of rotatable bonds is 7. The van der Waals surface area contributed by atoms with Crippen LogP contribution in [0.25, 0.3) is 0 Å². The number of nitrogens with zero attached hydrogens (tertiary/aromatic N) is 1. The smallest absolute Gasteiger partial charge is 0.245 e. The van der Waals surface area contributed by atoms with E-state index in [1.54, 1.807) is 0 Å². The number of piperidine rings is 1. The van der Waals surface area contributed by atoms with Crippen LogP contribution in [0.5, 0.6) is 11.5 Å². The Kier molecular flexibility index (Phi) is 7.09. The van der Waals surface area contributed by atoms with Gasteiger partial charge < -0.3 is 14.8 Å². The molecule has 2 aromatic rings. The van der Waals surface area contributed by atoms with Crippen LogP contribution in [-0.2, 0) is 27.8 Å². The van der Waals surface area contributed by atoms with E-state index in [9.17, 15) is 22.0 Å². The number of sulfonamides is 1. The molecule has 0 aliphatic carbocycles. The van der Waals surface area contributed by atoms with E-state index >= 15 is 0 Å². The predicted molar refractivity (Wildman–Crippen MR) is 121 cm³/mol. The summed E-state index contributed by atoms with van der Waals surface area (Å²) in [6.07, 6.45) is 1.51. The van der Waals surface area contributed by atoms with E-state index in [1.165, 1.54) is 0 Å². The minimum absolute atomic E-state index is 0.0754. The van der Waals surface area contributed by atoms with Crippen molar-refractivity contribution in [2.75, 3.05) is 19.7 Å². The SMILES string of the molecule is CCOc1cc2c(cc1CNC(=O)C1CCN(S(=O)(=O)c3ccc(F)cc3F)CC1)OC(C)C2. The second-order valence-electron chi connectivity index (χ2n) is 8.60. The number of halogens is 2. The highest BCUT2D eigenvalue weighted by Crippen LogP contribution is 2.35. The van der Waals surface area contributed by atoms with Gasteiger partial charge in [0, 0.05) is 49.2 Å². The van der Waals surface area contributed by atoms with E-state index in [0.29, 0.717) is 31.3 Å². The van der Waals surface area contributed by atoms with Crippen molar-refractivity contribution in [2.45, 2.75) is 50.7 Å². The molecule has 2 aromatic carbocycles. The summed E-state index contributed by atoms with van der Waals surface area (Å²) in [5, 5.41) is 2.93. The van der Waals surface area contributed by atoms with Gasteiger partial charge in [-0.2, -0.15) is 4.31 Å². The van der Waals surface area contributed by atoms with Crippen molar-refractivity contribution in [3.8, 4) is 11.5 Å². The van der Waals surface area contributed by atoms with Gasteiger partial charge in [0.25, 0.3) is 0 Å². The summed E-state index contributed by atoms with van der Waals surface area (Å²) >= 11 is 0. The Labute approximate surface area is 198 Å². The molecule has 2 aliphatic heterocycles. The summed E-state index contributed by atoms with van der Waals surface area (Å²) < 4.78 is 65.4. The Bertz CT molecular complexity index is 1180. The highest BCUT2D eigenvalue weighted by atomic mass is 32.2. The lowest BCUT2D eigenvalue weighted by molar-refractivity contribution is -0.126. The third-order valence-corrected chi connectivity index (χ3v) is 8.10. The normalized spacial score (nSPS) is 18.9. The van der Waals surface area contributed by atoms with E-state index in [1.807, 2.05) is 26.0 Å². The average Bonchev–Trinajstić information content (AvgIpc) is 3.16. The highest BCUT2D eigenvalue weighted by Gasteiger charge is 2.33. The Hall–Kier alpha value is -2.72. The number of amides is 1. The molecule has 1 unspecified atom stereocenters. The number of benzene rings is 2. The first kappa shape index (κ1) is 24.4. The first-order valence-electron chi connectivity index (χ1n) is 11.4. The number of hydrogen-bond acceptors (Lipinski definition) is 5. The molecule has 7 nitrogen and oxygen atoms in total. The summed E-state index contributed by atoms with van der Waals surface area (Å²) in [6.45, 7) is 4.81. The van der Waals surface area contributed by atoms with E-state index in [2.05, 4.69) is 5.32 Å². The fourth-order valence-corrected chi connectivity index (χ4v) is 5.93. The molecule has 1 atom stereocenters. The maximum Gasteiger partial charge on any atom is 0.245 e. The van der Waals surface area contributed by atoms with Gasteiger partial charge in [-0.25, -0.2) is 17.2 Å². The first-order chi connectivity index (χ1) is 16.2. The van der Waals surface area contributed by atoms with Gasteiger partial charge in [0.2, 0.25) is 15.9 Å². The molecule has 2 aliphatic rings. The minimum atomic E-state index is -4.11. The zero-order valence-corrected chi connectivity index (χ0v) is 20.0. The zero-order chi connectivity index (χ0) is 24.5. The highest BCUT2D eigenvalue weighted by molar-refractivity contribution is 7.89. The van der Waals surface area contributed by atoms with Crippen LogP contribution in [0.15, 0.2) is 35.2 Å². The van der Waals surface area contributed by atoms with Gasteiger partial charge in [-0.1, -0.05) is 0 Å². The fourth-order valence-electron chi connectivity index (χ4n) is 4.42. The Morgan fingerprint density at radius 1 is 1.21 bits per heavy atom. The van der Waals surface area contributed by atoms with E-state index in [0.717, 1.165) is 39.7 Å². The minimum Gasteiger partial charge on any atom is -0.494 e. The summed E-state index contributed by atoms with van der Waals surface area (Å²) in [5.74, 6) is -1.01. The van der Waals surface area contributed by atoms with Crippen molar-refractivity contribution >= 4 is 15.9 Å². The molecular formula is C24H28F2N2O5S. The first-order valence-corrected chi connectivity index (χ1v) is 12.8. The number of hydrogen-bond donors (Lipinski definition) is 1. The summed E-state index contributed by atoms with van der Waals surface area (Å²) in [6, 6.07) is 6.25. The number of carbonyl (C=O) groups excluding carboxylic acids is 1. The summed E-state index contributed by atoms with van der Waals surface area (Å²) in [7, 11) is -4.11. The molecule has 0 bridgehead atoms. The van der Waals surface area contributed by atoms with Crippen molar-refractivity contribution in [1.29, 1.82) is 0 Å². The quantitative estimate of drug-likeness (QED) is 0.638. The number of nitrogens with one attached hydrogen (secondary N) is 1. The van der Waals surface area contributed by atoms with Crippen LogP contribution >= 0.6 is 0 Å². The Balaban J connectivity index is 1.37. The van der Waals surface area contributed by atoms with Crippen LogP contribution < -0.4 is 14.8 Å². The van der Waals surface area contributed by atoms with Gasteiger partial charge in [0.05, 0.1) is 6.61 Å². The monoisotopic (exact) mass is 494 g/mol. The van der Waals surface area contributed by atoms with Crippen LogP contribution in [0.3, 0.4) is 0 Å². The van der Waals surface area contributed by atoms with Crippen LogP contribution in [-0.4, -0.2) is 44.4 Å². The van der Waals surface area contributed by atoms with Gasteiger partial charge in [0.1, 0.15) is 34.1 Å². The molecule has 184 valence electrons. The molecule has 1 saturated heterocycles. The fraction of sp³-hybridized carbons (Fsp3) is 0.458. The van der Waals surface area contributed by atoms with Crippen molar-refractivity contribution in [3.63, 3.8) is 0 Å². The topological polar surface area (TPSA) is 84.9 Å². The lowest BCUT2D eigenvalue weighted by Crippen LogP contribution is -2.43. The third kappa shape index (κ3) is 5.02. The molecule has 2 heterocycles. The van der Waals surface area contributed by atoms with Crippen LogP contribution in [0, 0.1) is 17.6 Å². The van der Waals surface area contributed by atoms with Crippen molar-refractivity contribution < 1.29 is 31.5 Å². The second kappa shape index (κ2) is 9.87. The number of ether oxygens (including phenoxy) is 2. The van der Waals surface area contributed by atoms with Gasteiger partial charge in [0.15, 0.2) is 0 Å². The molecule has 1 fully saturated rings. The summed E-state index contributed by atoms with van der Waals surface area (Å²) in [5.41, 5.74) is 1.90. The standard InChI is InChI=1S/C24H28F2N2O5S/c1-3-32-21-11-17-10-15(2)33-22(17)12-18(21)14-27-24(29)16-6-8-28(9-7-16)34(30,31)23-5-4-19(25)13-20(23)26/h4-5,11-13,15-16H,3,6-10,14H2,1-2H3,(H,27,29). The zero-order valence-electron chi connectivity index (χ0n) is 19.1. The van der Waals surface area contributed by atoms with Crippen molar-refractivity contribution in [2.24, 2.45) is 5.92 Å². The lowest BCUT2D eigenvalue weighted by Gasteiger charge is -2.30. The van der Waals surface area contributed by atoms with E-state index < -0.39 is 26.6 Å². The van der Waals surface area contributed by atoms with Crippen LogP contribution in [0.2, 0.25) is 0 Å². The van der Waals surface area contributed by atoms with Crippen molar-refractivity contribution in [3.05, 3.63) is 53.1 Å². The van der Waals surface area contributed by atoms with E-state index in [-0.39, 0.29) is 37.6 Å². The molecule has 34 heavy (non-hydrogen) atoms. The maximum atomic E-state index is 14.0. The number of fused-ring (bicyclic) bond motifs is 1. The van der Waals surface area contributed by atoms with Gasteiger partial charge >= 0.3 is 0 Å². The maximum absolute atomic E-state index is 14.0. The van der Waals surface area contributed by atoms with Crippen LogP contribution in [0.4, 0.5) is 8.78 Å². The molecule has 1 N–H and O–H groups in total. The van der Waals surface area contributed by atoms with E-state index in [4.69, 9.17) is 9.47 Å². The molecule has 4 rings (SSSR count).